The van der Waals surface area contributed by atoms with E-state index in [1.54, 1.807) is 24.3 Å². The minimum Gasteiger partial charge on any atom is -0.481 e. The molecule has 0 fully saturated rings. The number of rotatable bonds is 4. The van der Waals surface area contributed by atoms with Crippen LogP contribution < -0.4 is 4.74 Å². The first kappa shape index (κ1) is 14.5. The molecule has 0 aliphatic rings. The van der Waals surface area contributed by atoms with Gasteiger partial charge in [0.1, 0.15) is 6.61 Å². The van der Waals surface area contributed by atoms with Crippen molar-refractivity contribution in [2.75, 3.05) is 0 Å². The molecule has 2 rings (SSSR count). The lowest BCUT2D eigenvalue weighted by Gasteiger charge is -2.09. The maximum atomic E-state index is 11.0. The van der Waals surface area contributed by atoms with E-state index in [9.17, 15) is 10.1 Å². The van der Waals surface area contributed by atoms with Crippen LogP contribution in [0.3, 0.4) is 0 Å². The number of hydrogen-bond acceptors (Lipinski definition) is 4. The molecule has 0 saturated carbocycles. The van der Waals surface area contributed by atoms with Crippen LogP contribution in [0.2, 0.25) is 0 Å². The fourth-order valence-electron chi connectivity index (χ4n) is 1.61. The average molecular weight is 407 g/mol. The van der Waals surface area contributed by atoms with Gasteiger partial charge in [-0.3, -0.25) is 10.1 Å². The monoisotopic (exact) mass is 405 g/mol. The maximum Gasteiger partial charge on any atom is 0.312 e. The maximum absolute atomic E-state index is 11.0. The van der Waals surface area contributed by atoms with Gasteiger partial charge in [-0.1, -0.05) is 15.9 Å². The van der Waals surface area contributed by atoms with E-state index in [0.29, 0.717) is 16.8 Å². The van der Waals surface area contributed by atoms with Crippen molar-refractivity contribution in [2.24, 2.45) is 0 Å². The number of hydrogen-bond donors (Lipinski definition) is 0. The Morgan fingerprint density at radius 2 is 2.05 bits per heavy atom. The molecular formula is C12H9Br2NO3S. The van der Waals surface area contributed by atoms with E-state index in [1.165, 1.54) is 6.07 Å². The molecule has 0 radical (unpaired) electrons. The summed E-state index contributed by atoms with van der Waals surface area (Å²) in [6.07, 6.45) is 0. The fraction of sp³-hybridized carbons (Fsp3) is 0.167. The quantitative estimate of drug-likeness (QED) is 0.526. The molecule has 1 aromatic carbocycles. The zero-order chi connectivity index (χ0) is 14.0. The Balaban J connectivity index is 2.26. The molecule has 0 amide bonds. The molecule has 0 bridgehead atoms. The van der Waals surface area contributed by atoms with Gasteiger partial charge in [0.05, 0.1) is 4.92 Å². The second-order valence-corrected chi connectivity index (χ2v) is 6.68. The van der Waals surface area contributed by atoms with Crippen LogP contribution in [0.15, 0.2) is 32.5 Å². The number of benzene rings is 1. The molecule has 1 aromatic heterocycles. The summed E-state index contributed by atoms with van der Waals surface area (Å²) in [5, 5.41) is 13.0. The second kappa shape index (κ2) is 6.02. The topological polar surface area (TPSA) is 52.4 Å². The Bertz CT molecular complexity index is 627. The van der Waals surface area contributed by atoms with Crippen LogP contribution in [-0.2, 0) is 6.61 Å². The van der Waals surface area contributed by atoms with E-state index in [4.69, 9.17) is 4.74 Å². The molecule has 0 atom stereocenters. The van der Waals surface area contributed by atoms with Crippen molar-refractivity contribution in [1.29, 1.82) is 0 Å². The van der Waals surface area contributed by atoms with E-state index in [2.05, 4.69) is 31.9 Å². The Kier molecular flexibility index (Phi) is 4.59. The summed E-state index contributed by atoms with van der Waals surface area (Å²) < 4.78 is 7.26. The molecule has 7 heteroatoms. The van der Waals surface area contributed by atoms with Crippen molar-refractivity contribution < 1.29 is 9.66 Å². The lowest BCUT2D eigenvalue weighted by molar-refractivity contribution is -0.386. The van der Waals surface area contributed by atoms with Gasteiger partial charge >= 0.3 is 5.69 Å². The van der Waals surface area contributed by atoms with Gasteiger partial charge in [0.2, 0.25) is 5.75 Å². The molecule has 0 N–H and O–H groups in total. The second-order valence-electron chi connectivity index (χ2n) is 3.85. The third-order valence-electron chi connectivity index (χ3n) is 2.40. The van der Waals surface area contributed by atoms with E-state index in [0.717, 1.165) is 14.9 Å². The molecule has 2 aromatic rings. The normalized spacial score (nSPS) is 10.5. The average Bonchev–Trinajstić information content (AvgIpc) is 2.73. The minimum atomic E-state index is -0.433. The summed E-state index contributed by atoms with van der Waals surface area (Å²) in [6.45, 7) is 2.11. The van der Waals surface area contributed by atoms with Crippen LogP contribution in [0.1, 0.15) is 10.4 Å². The van der Waals surface area contributed by atoms with Crippen LogP contribution >= 0.6 is 43.2 Å². The Labute approximate surface area is 130 Å². The van der Waals surface area contributed by atoms with E-state index >= 15 is 0 Å². The van der Waals surface area contributed by atoms with Crippen LogP contribution in [0.4, 0.5) is 5.69 Å². The van der Waals surface area contributed by atoms with E-state index < -0.39 is 4.92 Å². The molecule has 19 heavy (non-hydrogen) atoms. The van der Waals surface area contributed by atoms with Gasteiger partial charge in [-0.05, 0) is 40.5 Å². The lowest BCUT2D eigenvalue weighted by Crippen LogP contribution is -2.00. The number of aryl methyl sites for hydroxylation is 1. The third kappa shape index (κ3) is 3.55. The van der Waals surface area contributed by atoms with Crippen LogP contribution in [0.5, 0.6) is 5.75 Å². The van der Waals surface area contributed by atoms with Crippen LogP contribution in [0, 0.1) is 17.0 Å². The number of ether oxygens (including phenoxy) is 1. The number of thiophene rings is 1. The van der Waals surface area contributed by atoms with Crippen molar-refractivity contribution in [3.8, 4) is 5.75 Å². The first-order valence-corrected chi connectivity index (χ1v) is 7.74. The van der Waals surface area contributed by atoms with Crippen molar-refractivity contribution in [1.82, 2.24) is 0 Å². The lowest BCUT2D eigenvalue weighted by atomic mass is 10.2. The Morgan fingerprint density at radius 3 is 2.63 bits per heavy atom. The highest BCUT2D eigenvalue weighted by Gasteiger charge is 2.19. The van der Waals surface area contributed by atoms with E-state index in [-0.39, 0.29) is 5.69 Å². The highest BCUT2D eigenvalue weighted by Crippen LogP contribution is 2.35. The number of nitro benzene ring substituents is 1. The standard InChI is InChI=1S/C12H9Br2NO3S/c1-7-2-8(13)4-11(15(16)17)12(7)18-5-10-3-9(14)6-19-10/h2-4,6H,5H2,1H3. The molecule has 0 aliphatic carbocycles. The van der Waals surface area contributed by atoms with Gasteiger partial charge in [0, 0.05) is 25.3 Å². The predicted molar refractivity (Wildman–Crippen MR) is 81.9 cm³/mol. The SMILES string of the molecule is Cc1cc(Br)cc([N+](=O)[O-])c1OCc1cc(Br)cs1. The first-order chi connectivity index (χ1) is 8.97. The molecule has 0 aliphatic heterocycles. The van der Waals surface area contributed by atoms with Gasteiger partial charge in [0.15, 0.2) is 0 Å². The summed E-state index contributed by atoms with van der Waals surface area (Å²) in [6, 6.07) is 5.18. The van der Waals surface area contributed by atoms with Crippen LogP contribution in [0.25, 0.3) is 0 Å². The number of nitro groups is 1. The van der Waals surface area contributed by atoms with Crippen molar-refractivity contribution in [2.45, 2.75) is 13.5 Å². The molecule has 0 spiro atoms. The Hall–Kier alpha value is -0.920. The first-order valence-electron chi connectivity index (χ1n) is 5.27. The highest BCUT2D eigenvalue weighted by molar-refractivity contribution is 9.10. The van der Waals surface area contributed by atoms with Gasteiger partial charge < -0.3 is 4.74 Å². The summed E-state index contributed by atoms with van der Waals surface area (Å²) in [5.41, 5.74) is 0.708. The zero-order valence-electron chi connectivity index (χ0n) is 9.85. The predicted octanol–water partition coefficient (Wildman–Crippen LogP) is 5.07. The zero-order valence-corrected chi connectivity index (χ0v) is 13.8. The van der Waals surface area contributed by atoms with Crippen molar-refractivity contribution >= 4 is 48.9 Å². The van der Waals surface area contributed by atoms with Gasteiger partial charge in [0.25, 0.3) is 0 Å². The number of nitrogens with zero attached hydrogens (tertiary/aromatic N) is 1. The van der Waals surface area contributed by atoms with Gasteiger partial charge in [-0.15, -0.1) is 11.3 Å². The summed E-state index contributed by atoms with van der Waals surface area (Å²) in [5.74, 6) is 0.317. The van der Waals surface area contributed by atoms with Crippen molar-refractivity contribution in [3.63, 3.8) is 0 Å². The van der Waals surface area contributed by atoms with Gasteiger partial charge in [-0.25, -0.2) is 0 Å². The van der Waals surface area contributed by atoms with Gasteiger partial charge in [-0.2, -0.15) is 0 Å². The molecule has 1 heterocycles. The minimum absolute atomic E-state index is 0.0255. The van der Waals surface area contributed by atoms with E-state index in [1.807, 2.05) is 11.4 Å². The van der Waals surface area contributed by atoms with Crippen molar-refractivity contribution in [3.05, 3.63) is 53.1 Å². The molecule has 100 valence electrons. The summed E-state index contributed by atoms with van der Waals surface area (Å²) in [7, 11) is 0. The summed E-state index contributed by atoms with van der Waals surface area (Å²) in [4.78, 5) is 11.6. The summed E-state index contributed by atoms with van der Waals surface area (Å²) >= 11 is 8.15. The molecular weight excluding hydrogens is 398 g/mol. The Morgan fingerprint density at radius 1 is 1.32 bits per heavy atom. The van der Waals surface area contributed by atoms with Crippen LogP contribution in [-0.4, -0.2) is 4.92 Å². The molecule has 0 unspecified atom stereocenters. The fourth-order valence-corrected chi connectivity index (χ4v) is 3.53. The largest absolute Gasteiger partial charge is 0.481 e. The number of halogens is 2. The highest BCUT2D eigenvalue weighted by atomic mass is 79.9. The smallest absolute Gasteiger partial charge is 0.312 e. The molecule has 4 nitrogen and oxygen atoms in total. The third-order valence-corrected chi connectivity index (χ3v) is 4.53. The molecule has 0 saturated heterocycles.